The Bertz CT molecular complexity index is 183. The van der Waals surface area contributed by atoms with Crippen molar-refractivity contribution in [1.82, 2.24) is 5.32 Å². The maximum absolute atomic E-state index is 10.3. The molecule has 1 rings (SSSR count). The third-order valence-corrected chi connectivity index (χ3v) is 1.65. The molecular weight excluding hydrogens is 130 g/mol. The Kier molecular flexibility index (Phi) is 1.93. The first-order chi connectivity index (χ1) is 4.74. The first kappa shape index (κ1) is 7.10. The van der Waals surface area contributed by atoms with Gasteiger partial charge in [0.15, 0.2) is 0 Å². The van der Waals surface area contributed by atoms with E-state index in [9.17, 15) is 4.79 Å². The molecule has 2 N–H and O–H groups in total. The van der Waals surface area contributed by atoms with E-state index in [-0.39, 0.29) is 6.04 Å². The molecule has 0 aromatic carbocycles. The summed E-state index contributed by atoms with van der Waals surface area (Å²) < 4.78 is 0. The predicted molar refractivity (Wildman–Crippen MR) is 36.4 cm³/mol. The zero-order valence-corrected chi connectivity index (χ0v) is 5.50. The summed E-state index contributed by atoms with van der Waals surface area (Å²) in [5.41, 5.74) is 0. The van der Waals surface area contributed by atoms with E-state index in [4.69, 9.17) is 11.5 Å². The number of hydrogen-bond donors (Lipinski definition) is 2. The average Bonchev–Trinajstić information content (AvgIpc) is 2.34. The maximum Gasteiger partial charge on any atom is 0.320 e. The van der Waals surface area contributed by atoms with Crippen molar-refractivity contribution in [2.45, 2.75) is 24.9 Å². The molecule has 0 amide bonds. The third kappa shape index (κ3) is 1.28. The number of carboxylic acids is 1. The van der Waals surface area contributed by atoms with Crippen molar-refractivity contribution in [2.75, 3.05) is 0 Å². The van der Waals surface area contributed by atoms with Gasteiger partial charge in [-0.2, -0.15) is 0 Å². The highest BCUT2D eigenvalue weighted by atomic mass is 16.4. The van der Waals surface area contributed by atoms with Crippen molar-refractivity contribution in [1.29, 1.82) is 0 Å². The third-order valence-electron chi connectivity index (χ3n) is 1.65. The standard InChI is InChI=1S/C7H9NO2/c1-2-5-3-4-6(8-5)7(9)10/h1,5-6,8H,3-4H2,(H,9,10)/t5-,6+/m0/s1. The summed E-state index contributed by atoms with van der Waals surface area (Å²) in [6.07, 6.45) is 6.51. The summed E-state index contributed by atoms with van der Waals surface area (Å²) in [5, 5.41) is 11.3. The SMILES string of the molecule is C#C[C@H]1CC[C@H](C(=O)O)N1. The molecule has 0 aromatic rings. The van der Waals surface area contributed by atoms with Gasteiger partial charge in [0.25, 0.3) is 0 Å². The number of carboxylic acid groups (broad SMARTS) is 1. The summed E-state index contributed by atoms with van der Waals surface area (Å²) in [4.78, 5) is 10.3. The van der Waals surface area contributed by atoms with Crippen LogP contribution < -0.4 is 5.32 Å². The van der Waals surface area contributed by atoms with E-state index in [0.29, 0.717) is 6.42 Å². The van der Waals surface area contributed by atoms with Crippen LogP contribution in [-0.2, 0) is 4.79 Å². The molecule has 3 nitrogen and oxygen atoms in total. The fourth-order valence-electron chi connectivity index (χ4n) is 1.07. The summed E-state index contributed by atoms with van der Waals surface area (Å²) >= 11 is 0. The van der Waals surface area contributed by atoms with Crippen LogP contribution in [0.1, 0.15) is 12.8 Å². The van der Waals surface area contributed by atoms with Gasteiger partial charge in [-0.1, -0.05) is 5.92 Å². The largest absolute Gasteiger partial charge is 0.480 e. The van der Waals surface area contributed by atoms with Crippen LogP contribution in [-0.4, -0.2) is 23.2 Å². The second kappa shape index (κ2) is 2.72. The molecule has 10 heavy (non-hydrogen) atoms. The maximum atomic E-state index is 10.3. The van der Waals surface area contributed by atoms with Crippen LogP contribution >= 0.6 is 0 Å². The molecule has 0 radical (unpaired) electrons. The molecule has 1 fully saturated rings. The topological polar surface area (TPSA) is 49.3 Å². The van der Waals surface area contributed by atoms with Crippen LogP contribution in [0.15, 0.2) is 0 Å². The van der Waals surface area contributed by atoms with E-state index in [0.717, 1.165) is 6.42 Å². The lowest BCUT2D eigenvalue weighted by Gasteiger charge is -2.03. The van der Waals surface area contributed by atoms with Crippen molar-refractivity contribution >= 4 is 5.97 Å². The lowest BCUT2D eigenvalue weighted by Crippen LogP contribution is -2.34. The van der Waals surface area contributed by atoms with E-state index >= 15 is 0 Å². The molecular formula is C7H9NO2. The summed E-state index contributed by atoms with van der Waals surface area (Å²) in [7, 11) is 0. The van der Waals surface area contributed by atoms with Crippen molar-refractivity contribution in [2.24, 2.45) is 0 Å². The number of rotatable bonds is 1. The number of aliphatic carboxylic acids is 1. The van der Waals surface area contributed by atoms with Gasteiger partial charge in [0.05, 0.1) is 6.04 Å². The average molecular weight is 139 g/mol. The van der Waals surface area contributed by atoms with Gasteiger partial charge < -0.3 is 5.11 Å². The van der Waals surface area contributed by atoms with E-state index in [1.165, 1.54) is 0 Å². The quantitative estimate of drug-likeness (QED) is 0.496. The fraction of sp³-hybridized carbons (Fsp3) is 0.571. The van der Waals surface area contributed by atoms with Gasteiger partial charge in [0.2, 0.25) is 0 Å². The molecule has 0 bridgehead atoms. The molecule has 1 heterocycles. The minimum Gasteiger partial charge on any atom is -0.480 e. The molecule has 54 valence electrons. The zero-order valence-electron chi connectivity index (χ0n) is 5.50. The summed E-state index contributed by atoms with van der Waals surface area (Å²) in [6.45, 7) is 0. The predicted octanol–water partition coefficient (Wildman–Crippen LogP) is -0.175. The molecule has 0 saturated carbocycles. The number of terminal acetylenes is 1. The minimum absolute atomic E-state index is 0.0406. The van der Waals surface area contributed by atoms with E-state index < -0.39 is 12.0 Å². The van der Waals surface area contributed by atoms with Crippen LogP contribution in [0.2, 0.25) is 0 Å². The van der Waals surface area contributed by atoms with Crippen molar-refractivity contribution < 1.29 is 9.90 Å². The van der Waals surface area contributed by atoms with E-state index in [1.54, 1.807) is 0 Å². The Morgan fingerprint density at radius 2 is 2.40 bits per heavy atom. The summed E-state index contributed by atoms with van der Waals surface area (Å²) in [6, 6.07) is -0.470. The van der Waals surface area contributed by atoms with Crippen LogP contribution in [0.5, 0.6) is 0 Å². The molecule has 1 aliphatic heterocycles. The molecule has 0 unspecified atom stereocenters. The van der Waals surface area contributed by atoms with Gasteiger partial charge in [-0.15, -0.1) is 6.42 Å². The zero-order chi connectivity index (χ0) is 7.56. The molecule has 0 spiro atoms. The van der Waals surface area contributed by atoms with Crippen LogP contribution in [0.4, 0.5) is 0 Å². The Morgan fingerprint density at radius 3 is 2.70 bits per heavy atom. The smallest absolute Gasteiger partial charge is 0.320 e. The van der Waals surface area contributed by atoms with Gasteiger partial charge in [-0.25, -0.2) is 0 Å². The molecule has 0 aliphatic carbocycles. The van der Waals surface area contributed by atoms with Crippen molar-refractivity contribution in [3.05, 3.63) is 0 Å². The fourth-order valence-corrected chi connectivity index (χ4v) is 1.07. The molecule has 3 heteroatoms. The number of nitrogens with one attached hydrogen (secondary N) is 1. The minimum atomic E-state index is -0.808. The van der Waals surface area contributed by atoms with Crippen molar-refractivity contribution in [3.63, 3.8) is 0 Å². The highest BCUT2D eigenvalue weighted by Crippen LogP contribution is 2.10. The highest BCUT2D eigenvalue weighted by Gasteiger charge is 2.26. The monoisotopic (exact) mass is 139 g/mol. The van der Waals surface area contributed by atoms with Gasteiger partial charge in [-0.05, 0) is 12.8 Å². The van der Waals surface area contributed by atoms with Gasteiger partial charge in [0.1, 0.15) is 6.04 Å². The first-order valence-electron chi connectivity index (χ1n) is 3.19. The lowest BCUT2D eigenvalue weighted by molar-refractivity contribution is -0.139. The molecule has 1 aliphatic rings. The molecule has 2 atom stereocenters. The first-order valence-corrected chi connectivity index (χ1v) is 3.19. The lowest BCUT2D eigenvalue weighted by atomic mass is 10.2. The second-order valence-electron chi connectivity index (χ2n) is 2.35. The Labute approximate surface area is 59.4 Å². The Hall–Kier alpha value is -1.01. The van der Waals surface area contributed by atoms with Gasteiger partial charge in [-0.3, -0.25) is 10.1 Å². The van der Waals surface area contributed by atoms with Crippen LogP contribution in [0.25, 0.3) is 0 Å². The molecule has 1 saturated heterocycles. The van der Waals surface area contributed by atoms with E-state index in [2.05, 4.69) is 11.2 Å². The Balaban J connectivity index is 2.45. The van der Waals surface area contributed by atoms with Gasteiger partial charge >= 0.3 is 5.97 Å². The van der Waals surface area contributed by atoms with Crippen LogP contribution in [0, 0.1) is 12.3 Å². The van der Waals surface area contributed by atoms with Gasteiger partial charge in [0, 0.05) is 0 Å². The normalized spacial score (nSPS) is 31.5. The number of hydrogen-bond acceptors (Lipinski definition) is 2. The second-order valence-corrected chi connectivity index (χ2v) is 2.35. The van der Waals surface area contributed by atoms with E-state index in [1.807, 2.05) is 0 Å². The number of carbonyl (C=O) groups is 1. The van der Waals surface area contributed by atoms with Crippen LogP contribution in [0.3, 0.4) is 0 Å². The molecule has 0 aromatic heterocycles. The van der Waals surface area contributed by atoms with Crippen molar-refractivity contribution in [3.8, 4) is 12.3 Å². The highest BCUT2D eigenvalue weighted by molar-refractivity contribution is 5.74. The Morgan fingerprint density at radius 1 is 1.70 bits per heavy atom. The summed E-state index contributed by atoms with van der Waals surface area (Å²) in [5.74, 6) is 1.67.